The van der Waals surface area contributed by atoms with Gasteiger partial charge in [0, 0.05) is 13.0 Å². The van der Waals surface area contributed by atoms with Gasteiger partial charge >= 0.3 is 11.9 Å². The fourth-order valence-corrected chi connectivity index (χ4v) is 1.76. The van der Waals surface area contributed by atoms with Crippen molar-refractivity contribution in [3.63, 3.8) is 0 Å². The highest BCUT2D eigenvalue weighted by Crippen LogP contribution is 2.12. The van der Waals surface area contributed by atoms with E-state index in [1.165, 1.54) is 0 Å². The second kappa shape index (κ2) is 6.95. The van der Waals surface area contributed by atoms with Crippen molar-refractivity contribution in [1.82, 2.24) is 5.32 Å². The van der Waals surface area contributed by atoms with Crippen LogP contribution in [0.1, 0.15) is 32.1 Å². The number of ether oxygens (including phenoxy) is 1. The molecule has 0 spiro atoms. The van der Waals surface area contributed by atoms with E-state index in [0.717, 1.165) is 6.42 Å². The molecule has 3 N–H and O–H groups in total. The second-order valence-electron chi connectivity index (χ2n) is 4.19. The largest absolute Gasteiger partial charge is 0.481 e. The summed E-state index contributed by atoms with van der Waals surface area (Å²) in [6, 6.07) is -1.05. The Bertz CT molecular complexity index is 323. The van der Waals surface area contributed by atoms with Crippen molar-refractivity contribution in [1.29, 1.82) is 0 Å². The average Bonchev–Trinajstić information content (AvgIpc) is 2.80. The van der Waals surface area contributed by atoms with Crippen molar-refractivity contribution in [2.45, 2.75) is 44.2 Å². The molecule has 1 rings (SSSR count). The number of carboxylic acids is 2. The molecule has 0 aromatic carbocycles. The summed E-state index contributed by atoms with van der Waals surface area (Å²) < 4.78 is 5.14. The lowest BCUT2D eigenvalue weighted by atomic mass is 10.1. The first kappa shape index (κ1) is 14.4. The fraction of sp³-hybridized carbons (Fsp3) is 0.727. The Labute approximate surface area is 104 Å². The minimum absolute atomic E-state index is 0.0973. The number of carboxylic acid groups (broad SMARTS) is 2. The van der Waals surface area contributed by atoms with E-state index in [-0.39, 0.29) is 19.3 Å². The maximum Gasteiger partial charge on any atom is 0.326 e. The maximum absolute atomic E-state index is 11.6. The lowest BCUT2D eigenvalue weighted by Gasteiger charge is -2.16. The molecule has 102 valence electrons. The van der Waals surface area contributed by atoms with Crippen LogP contribution in [0.4, 0.5) is 0 Å². The van der Waals surface area contributed by atoms with Gasteiger partial charge in [-0.05, 0) is 25.7 Å². The van der Waals surface area contributed by atoms with Crippen LogP contribution in [0.15, 0.2) is 0 Å². The van der Waals surface area contributed by atoms with Gasteiger partial charge in [0.05, 0.1) is 0 Å². The quantitative estimate of drug-likeness (QED) is 0.592. The first-order valence-corrected chi connectivity index (χ1v) is 5.87. The molecule has 1 saturated heterocycles. The molecule has 7 nitrogen and oxygen atoms in total. The number of rotatable bonds is 7. The summed E-state index contributed by atoms with van der Waals surface area (Å²) in [5.74, 6) is -2.58. The van der Waals surface area contributed by atoms with Crippen molar-refractivity contribution in [2.75, 3.05) is 6.61 Å². The molecule has 1 amide bonds. The molecule has 1 aliphatic heterocycles. The minimum atomic E-state index is -1.16. The average molecular weight is 259 g/mol. The number of carbonyl (C=O) groups is 3. The Morgan fingerprint density at radius 3 is 2.56 bits per heavy atom. The Morgan fingerprint density at radius 2 is 2.06 bits per heavy atom. The lowest BCUT2D eigenvalue weighted by Crippen LogP contribution is -2.45. The number of aliphatic carboxylic acids is 2. The van der Waals surface area contributed by atoms with Crippen molar-refractivity contribution < 1.29 is 29.3 Å². The van der Waals surface area contributed by atoms with Gasteiger partial charge in [-0.25, -0.2) is 4.79 Å². The molecule has 1 aliphatic rings. The van der Waals surface area contributed by atoms with Gasteiger partial charge in [-0.15, -0.1) is 0 Å². The van der Waals surface area contributed by atoms with Gasteiger partial charge in [0.25, 0.3) is 0 Å². The number of hydrogen-bond acceptors (Lipinski definition) is 4. The standard InChI is InChI=1S/C11H17NO6/c13-9(14)5-1-3-7(11(16)17)12-10(15)8-4-2-6-18-8/h7-8H,1-6H2,(H,12,15)(H,13,14)(H,16,17)/t7-,8?/m1/s1. The van der Waals surface area contributed by atoms with Crippen LogP contribution in [0.25, 0.3) is 0 Å². The van der Waals surface area contributed by atoms with Crippen LogP contribution in [-0.2, 0) is 19.1 Å². The highest BCUT2D eigenvalue weighted by atomic mass is 16.5. The summed E-state index contributed by atoms with van der Waals surface area (Å²) in [5.41, 5.74) is 0. The van der Waals surface area contributed by atoms with Crippen molar-refractivity contribution in [3.05, 3.63) is 0 Å². The third-order valence-electron chi connectivity index (χ3n) is 2.72. The van der Waals surface area contributed by atoms with Crippen molar-refractivity contribution in [3.8, 4) is 0 Å². The topological polar surface area (TPSA) is 113 Å². The van der Waals surface area contributed by atoms with Gasteiger partial charge in [0.2, 0.25) is 5.91 Å². The number of amides is 1. The van der Waals surface area contributed by atoms with E-state index < -0.39 is 30.0 Å². The van der Waals surface area contributed by atoms with Crippen LogP contribution in [0.5, 0.6) is 0 Å². The van der Waals surface area contributed by atoms with Gasteiger partial charge < -0.3 is 20.3 Å². The van der Waals surface area contributed by atoms with Gasteiger partial charge in [-0.1, -0.05) is 0 Å². The molecule has 2 atom stereocenters. The molecule has 18 heavy (non-hydrogen) atoms. The molecule has 1 unspecified atom stereocenters. The Hall–Kier alpha value is -1.63. The van der Waals surface area contributed by atoms with E-state index in [1.807, 2.05) is 0 Å². The van der Waals surface area contributed by atoms with Crippen LogP contribution in [0.3, 0.4) is 0 Å². The molecule has 0 radical (unpaired) electrons. The van der Waals surface area contributed by atoms with E-state index in [1.54, 1.807) is 0 Å². The SMILES string of the molecule is O=C(O)CCC[C@@H](NC(=O)C1CCCO1)C(=O)O. The predicted octanol–water partition coefficient (Wildman–Crippen LogP) is -0.0103. The third-order valence-corrected chi connectivity index (χ3v) is 2.72. The molecule has 0 aromatic heterocycles. The van der Waals surface area contributed by atoms with E-state index in [9.17, 15) is 14.4 Å². The van der Waals surface area contributed by atoms with Crippen molar-refractivity contribution >= 4 is 17.8 Å². The summed E-state index contributed by atoms with van der Waals surface area (Å²) in [5, 5.41) is 19.8. The van der Waals surface area contributed by atoms with E-state index in [4.69, 9.17) is 14.9 Å². The molecule has 1 heterocycles. The molecule has 0 bridgehead atoms. The summed E-state index contributed by atoms with van der Waals surface area (Å²) in [4.78, 5) is 32.9. The predicted molar refractivity (Wildman–Crippen MR) is 60.0 cm³/mol. The molecule has 1 fully saturated rings. The molecule has 0 aromatic rings. The van der Waals surface area contributed by atoms with Gasteiger partial charge in [-0.3, -0.25) is 9.59 Å². The smallest absolute Gasteiger partial charge is 0.326 e. The molecular weight excluding hydrogens is 242 g/mol. The minimum Gasteiger partial charge on any atom is -0.481 e. The van der Waals surface area contributed by atoms with Crippen LogP contribution in [0.2, 0.25) is 0 Å². The van der Waals surface area contributed by atoms with Gasteiger partial charge in [0.15, 0.2) is 0 Å². The highest BCUT2D eigenvalue weighted by molar-refractivity contribution is 5.86. The zero-order valence-corrected chi connectivity index (χ0v) is 9.92. The Kier molecular flexibility index (Phi) is 5.57. The first-order chi connectivity index (χ1) is 8.50. The van der Waals surface area contributed by atoms with E-state index >= 15 is 0 Å². The fourth-order valence-electron chi connectivity index (χ4n) is 1.76. The summed E-state index contributed by atoms with van der Waals surface area (Å²) in [6.45, 7) is 0.509. The second-order valence-corrected chi connectivity index (χ2v) is 4.19. The van der Waals surface area contributed by atoms with Crippen LogP contribution in [-0.4, -0.2) is 46.8 Å². The maximum atomic E-state index is 11.6. The van der Waals surface area contributed by atoms with Gasteiger partial charge in [-0.2, -0.15) is 0 Å². The normalized spacial score (nSPS) is 20.3. The monoisotopic (exact) mass is 259 g/mol. The summed E-state index contributed by atoms with van der Waals surface area (Å²) in [6.07, 6.45) is 0.992. The zero-order chi connectivity index (χ0) is 13.5. The van der Waals surface area contributed by atoms with Crippen LogP contribution in [0, 0.1) is 0 Å². The Morgan fingerprint density at radius 1 is 1.33 bits per heavy atom. The molecular formula is C11H17NO6. The van der Waals surface area contributed by atoms with Crippen LogP contribution < -0.4 is 5.32 Å². The first-order valence-electron chi connectivity index (χ1n) is 5.87. The Balaban J connectivity index is 2.39. The summed E-state index contributed by atoms with van der Waals surface area (Å²) >= 11 is 0. The summed E-state index contributed by atoms with van der Waals surface area (Å²) in [7, 11) is 0. The van der Waals surface area contributed by atoms with Gasteiger partial charge in [0.1, 0.15) is 12.1 Å². The highest BCUT2D eigenvalue weighted by Gasteiger charge is 2.27. The molecule has 0 saturated carbocycles. The number of hydrogen-bond donors (Lipinski definition) is 3. The molecule has 7 heteroatoms. The number of nitrogens with one attached hydrogen (secondary N) is 1. The van der Waals surface area contributed by atoms with Crippen LogP contribution >= 0.6 is 0 Å². The van der Waals surface area contributed by atoms with Crippen molar-refractivity contribution in [2.24, 2.45) is 0 Å². The lowest BCUT2D eigenvalue weighted by molar-refractivity contribution is -0.144. The number of carbonyl (C=O) groups excluding carboxylic acids is 1. The van der Waals surface area contributed by atoms with E-state index in [0.29, 0.717) is 13.0 Å². The zero-order valence-electron chi connectivity index (χ0n) is 9.92. The molecule has 0 aliphatic carbocycles. The third kappa shape index (κ3) is 4.70. The van der Waals surface area contributed by atoms with E-state index in [2.05, 4.69) is 5.32 Å².